The van der Waals surface area contributed by atoms with E-state index in [9.17, 15) is 8.42 Å². The maximum Gasteiger partial charge on any atom is 0.240 e. The molecule has 0 fully saturated rings. The number of hydrogen-bond donors (Lipinski definition) is 2. The van der Waals surface area contributed by atoms with Gasteiger partial charge in [0.25, 0.3) is 0 Å². The van der Waals surface area contributed by atoms with Crippen molar-refractivity contribution >= 4 is 32.0 Å². The van der Waals surface area contributed by atoms with Crippen molar-refractivity contribution in [3.8, 4) is 0 Å². The molecular weight excluding hydrogens is 410 g/mol. The topological polar surface area (TPSA) is 103 Å². The molecule has 3 N–H and O–H groups in total. The summed E-state index contributed by atoms with van der Waals surface area (Å²) in [4.78, 5) is 9.82. The first-order chi connectivity index (χ1) is 15.0. The van der Waals surface area contributed by atoms with Crippen molar-refractivity contribution in [1.82, 2.24) is 19.3 Å². The first-order valence-corrected chi connectivity index (χ1v) is 12.0. The van der Waals surface area contributed by atoms with E-state index in [1.165, 1.54) is 0 Å². The second-order valence-electron chi connectivity index (χ2n) is 7.69. The highest BCUT2D eigenvalue weighted by Crippen LogP contribution is 2.30. The fourth-order valence-corrected chi connectivity index (χ4v) is 4.94. The van der Waals surface area contributed by atoms with E-state index in [-0.39, 0.29) is 10.8 Å². The molecule has 162 valence electrons. The molecule has 1 unspecified atom stereocenters. The SMILES string of the molecule is CC(CCN)c1nc2ccccc2c2c1ncn2CCCNS(=O)(=O)c1ccccc1. The Morgan fingerprint density at radius 3 is 2.61 bits per heavy atom. The van der Waals surface area contributed by atoms with Crippen molar-refractivity contribution < 1.29 is 8.42 Å². The lowest BCUT2D eigenvalue weighted by atomic mass is 10.0. The molecule has 2 heterocycles. The number of aromatic nitrogens is 3. The van der Waals surface area contributed by atoms with Crippen molar-refractivity contribution in [3.05, 3.63) is 66.6 Å². The van der Waals surface area contributed by atoms with E-state index in [0.717, 1.165) is 34.1 Å². The van der Waals surface area contributed by atoms with Crippen molar-refractivity contribution in [2.75, 3.05) is 13.1 Å². The van der Waals surface area contributed by atoms with Crippen LogP contribution in [0.2, 0.25) is 0 Å². The van der Waals surface area contributed by atoms with Crippen LogP contribution in [0.4, 0.5) is 0 Å². The van der Waals surface area contributed by atoms with Crippen LogP contribution < -0.4 is 10.5 Å². The van der Waals surface area contributed by atoms with Crippen molar-refractivity contribution in [2.45, 2.75) is 37.1 Å². The fourth-order valence-electron chi connectivity index (χ4n) is 3.84. The number of hydrogen-bond acceptors (Lipinski definition) is 5. The molecule has 31 heavy (non-hydrogen) atoms. The van der Waals surface area contributed by atoms with Gasteiger partial charge in [-0.05, 0) is 37.6 Å². The van der Waals surface area contributed by atoms with Crippen LogP contribution in [0.25, 0.3) is 21.9 Å². The Kier molecular flexibility index (Phi) is 6.31. The average molecular weight is 438 g/mol. The van der Waals surface area contributed by atoms with E-state index in [1.54, 1.807) is 30.3 Å². The summed E-state index contributed by atoms with van der Waals surface area (Å²) in [7, 11) is -3.50. The quantitative estimate of drug-likeness (QED) is 0.391. The Bertz CT molecular complexity index is 1290. The predicted molar refractivity (Wildman–Crippen MR) is 123 cm³/mol. The third kappa shape index (κ3) is 4.46. The highest BCUT2D eigenvalue weighted by molar-refractivity contribution is 7.89. The summed E-state index contributed by atoms with van der Waals surface area (Å²) >= 11 is 0. The van der Waals surface area contributed by atoms with Gasteiger partial charge in [-0.1, -0.05) is 43.3 Å². The van der Waals surface area contributed by atoms with E-state index in [4.69, 9.17) is 10.7 Å². The van der Waals surface area contributed by atoms with Crippen LogP contribution in [0.5, 0.6) is 0 Å². The van der Waals surface area contributed by atoms with Crippen LogP contribution >= 0.6 is 0 Å². The highest BCUT2D eigenvalue weighted by Gasteiger charge is 2.18. The van der Waals surface area contributed by atoms with Gasteiger partial charge in [-0.25, -0.2) is 18.1 Å². The monoisotopic (exact) mass is 437 g/mol. The van der Waals surface area contributed by atoms with E-state index >= 15 is 0 Å². The molecule has 0 bridgehead atoms. The van der Waals surface area contributed by atoms with Gasteiger partial charge in [0.05, 0.1) is 28.0 Å². The molecule has 0 amide bonds. The van der Waals surface area contributed by atoms with E-state index < -0.39 is 10.0 Å². The smallest absolute Gasteiger partial charge is 0.240 e. The van der Waals surface area contributed by atoms with Crippen molar-refractivity contribution in [1.29, 1.82) is 0 Å². The molecule has 8 heteroatoms. The molecule has 0 saturated carbocycles. The van der Waals surface area contributed by atoms with Gasteiger partial charge >= 0.3 is 0 Å². The number of benzene rings is 2. The zero-order valence-corrected chi connectivity index (χ0v) is 18.3. The number of rotatable bonds is 9. The minimum absolute atomic E-state index is 0.207. The first kappa shape index (κ1) is 21.4. The molecular formula is C23H27N5O2S. The predicted octanol–water partition coefficient (Wildman–Crippen LogP) is 3.41. The number of para-hydroxylation sites is 1. The largest absolute Gasteiger partial charge is 0.330 e. The Morgan fingerprint density at radius 2 is 1.84 bits per heavy atom. The third-order valence-corrected chi connectivity index (χ3v) is 6.95. The molecule has 1 atom stereocenters. The molecule has 2 aromatic heterocycles. The summed E-state index contributed by atoms with van der Waals surface area (Å²) in [5.41, 5.74) is 9.60. The van der Waals surface area contributed by atoms with E-state index in [1.807, 2.05) is 24.5 Å². The van der Waals surface area contributed by atoms with Crippen LogP contribution in [0.15, 0.2) is 65.8 Å². The second kappa shape index (κ2) is 9.13. The molecule has 0 spiro atoms. The summed E-state index contributed by atoms with van der Waals surface area (Å²) in [6.07, 6.45) is 3.31. The lowest BCUT2D eigenvalue weighted by molar-refractivity contribution is 0.572. The third-order valence-electron chi connectivity index (χ3n) is 5.47. The molecule has 0 saturated heterocycles. The number of nitrogens with two attached hydrogens (primary N) is 1. The number of imidazole rings is 1. The Labute approximate surface area is 182 Å². The summed E-state index contributed by atoms with van der Waals surface area (Å²) < 4.78 is 29.6. The van der Waals surface area contributed by atoms with Gasteiger partial charge in [-0.15, -0.1) is 0 Å². The van der Waals surface area contributed by atoms with Crippen LogP contribution in [0, 0.1) is 0 Å². The fraction of sp³-hybridized carbons (Fsp3) is 0.304. The number of nitrogens with zero attached hydrogens (tertiary/aromatic N) is 3. The Hall–Kier alpha value is -2.81. The average Bonchev–Trinajstić information content (AvgIpc) is 3.21. The standard InChI is InChI=1S/C23H27N5O2S/c1-17(12-13-24)21-22-23(19-10-5-6-11-20(19)27-21)28(16-25-22)15-7-14-26-31(29,30)18-8-3-2-4-9-18/h2-6,8-11,16-17,26H,7,12-15,24H2,1H3. The maximum atomic E-state index is 12.4. The van der Waals surface area contributed by atoms with Gasteiger partial charge in [0.15, 0.2) is 0 Å². The number of pyridine rings is 1. The first-order valence-electron chi connectivity index (χ1n) is 10.5. The van der Waals surface area contributed by atoms with Crippen molar-refractivity contribution in [3.63, 3.8) is 0 Å². The summed E-state index contributed by atoms with van der Waals surface area (Å²) in [6, 6.07) is 16.5. The lowest BCUT2D eigenvalue weighted by Crippen LogP contribution is -2.25. The number of nitrogens with one attached hydrogen (secondary N) is 1. The molecule has 0 radical (unpaired) electrons. The summed E-state index contributed by atoms with van der Waals surface area (Å²) in [5, 5.41) is 1.04. The van der Waals surface area contributed by atoms with Gasteiger partial charge < -0.3 is 10.3 Å². The van der Waals surface area contributed by atoms with Gasteiger partial charge in [0.2, 0.25) is 10.0 Å². The zero-order valence-electron chi connectivity index (χ0n) is 17.5. The molecule has 2 aromatic carbocycles. The van der Waals surface area contributed by atoms with Gasteiger partial charge in [0, 0.05) is 24.4 Å². The van der Waals surface area contributed by atoms with E-state index in [0.29, 0.717) is 26.1 Å². The number of sulfonamides is 1. The zero-order chi connectivity index (χ0) is 21.8. The molecule has 0 aliphatic heterocycles. The maximum absolute atomic E-state index is 12.4. The van der Waals surface area contributed by atoms with Crippen LogP contribution in [0.1, 0.15) is 31.4 Å². The minimum atomic E-state index is -3.50. The Morgan fingerprint density at radius 1 is 1.10 bits per heavy atom. The molecule has 0 aliphatic rings. The second-order valence-corrected chi connectivity index (χ2v) is 9.46. The molecule has 0 aliphatic carbocycles. The van der Waals surface area contributed by atoms with Crippen LogP contribution in [-0.4, -0.2) is 36.0 Å². The highest BCUT2D eigenvalue weighted by atomic mass is 32.2. The Balaban J connectivity index is 1.57. The van der Waals surface area contributed by atoms with E-state index in [2.05, 4.69) is 27.3 Å². The number of fused-ring (bicyclic) bond motifs is 3. The summed E-state index contributed by atoms with van der Waals surface area (Å²) in [6.45, 7) is 3.71. The number of aryl methyl sites for hydroxylation is 1. The van der Waals surface area contributed by atoms with Crippen molar-refractivity contribution in [2.24, 2.45) is 5.73 Å². The van der Waals surface area contributed by atoms with Gasteiger partial charge in [-0.2, -0.15) is 0 Å². The summed E-state index contributed by atoms with van der Waals surface area (Å²) in [5.74, 6) is 0.207. The molecule has 7 nitrogen and oxygen atoms in total. The van der Waals surface area contributed by atoms with Crippen LogP contribution in [-0.2, 0) is 16.6 Å². The molecule has 4 aromatic rings. The van der Waals surface area contributed by atoms with Gasteiger partial charge in [-0.3, -0.25) is 4.98 Å². The lowest BCUT2D eigenvalue weighted by Gasteiger charge is -2.13. The van der Waals surface area contributed by atoms with Gasteiger partial charge in [0.1, 0.15) is 5.52 Å². The molecule has 4 rings (SSSR count). The van der Waals surface area contributed by atoms with Crippen LogP contribution in [0.3, 0.4) is 0 Å². The minimum Gasteiger partial charge on any atom is -0.330 e. The normalized spacial score (nSPS) is 13.1.